The number of nitrogens with two attached hydrogens (primary N) is 1. The molecule has 0 amide bonds. The summed E-state index contributed by atoms with van der Waals surface area (Å²) in [5.41, 5.74) is 7.03. The second kappa shape index (κ2) is 8.28. The molecule has 19 heavy (non-hydrogen) atoms. The Balaban J connectivity index is 2.46. The van der Waals surface area contributed by atoms with E-state index in [2.05, 4.69) is 25.7 Å². The largest absolute Gasteiger partial charge is 0.324 e. The molecule has 0 saturated heterocycles. The highest BCUT2D eigenvalue weighted by Gasteiger charge is 2.11. The fraction of sp³-hybridized carbons (Fsp3) is 0.625. The molecule has 1 aromatic carbocycles. The quantitative estimate of drug-likeness (QED) is 0.779. The SMILES string of the molecule is CCC(C)CN(CC)CCC(N)c1cccc(F)c1. The molecule has 0 aliphatic rings. The van der Waals surface area contributed by atoms with Gasteiger partial charge in [0.05, 0.1) is 0 Å². The molecule has 0 aliphatic heterocycles. The number of nitrogens with zero attached hydrogens (tertiary/aromatic N) is 1. The Hall–Kier alpha value is -0.930. The molecule has 2 N–H and O–H groups in total. The summed E-state index contributed by atoms with van der Waals surface area (Å²) >= 11 is 0. The summed E-state index contributed by atoms with van der Waals surface area (Å²) in [5.74, 6) is 0.505. The number of hydrogen-bond donors (Lipinski definition) is 1. The summed E-state index contributed by atoms with van der Waals surface area (Å²) in [6.07, 6.45) is 2.07. The average molecular weight is 266 g/mol. The first-order chi connectivity index (χ1) is 9.06. The third kappa shape index (κ3) is 5.70. The normalized spacial score (nSPS) is 14.6. The van der Waals surface area contributed by atoms with Crippen LogP contribution in [-0.2, 0) is 0 Å². The van der Waals surface area contributed by atoms with E-state index in [0.29, 0.717) is 5.92 Å². The highest BCUT2D eigenvalue weighted by molar-refractivity contribution is 5.19. The lowest BCUT2D eigenvalue weighted by Gasteiger charge is -2.25. The Morgan fingerprint density at radius 2 is 2.05 bits per heavy atom. The molecule has 2 nitrogen and oxygen atoms in total. The molecule has 2 atom stereocenters. The summed E-state index contributed by atoms with van der Waals surface area (Å²) in [7, 11) is 0. The maximum Gasteiger partial charge on any atom is 0.123 e. The zero-order chi connectivity index (χ0) is 14.3. The van der Waals surface area contributed by atoms with Crippen LogP contribution in [0.25, 0.3) is 0 Å². The van der Waals surface area contributed by atoms with Crippen LogP contribution in [0.4, 0.5) is 4.39 Å². The number of benzene rings is 1. The van der Waals surface area contributed by atoms with E-state index in [0.717, 1.165) is 31.6 Å². The topological polar surface area (TPSA) is 29.3 Å². The number of halogens is 1. The minimum Gasteiger partial charge on any atom is -0.324 e. The van der Waals surface area contributed by atoms with Crippen LogP contribution in [0, 0.1) is 11.7 Å². The van der Waals surface area contributed by atoms with E-state index in [4.69, 9.17) is 5.73 Å². The van der Waals surface area contributed by atoms with E-state index < -0.39 is 0 Å². The Morgan fingerprint density at radius 3 is 2.63 bits per heavy atom. The molecule has 108 valence electrons. The first-order valence-corrected chi connectivity index (χ1v) is 7.30. The molecule has 0 heterocycles. The van der Waals surface area contributed by atoms with Crippen molar-refractivity contribution in [2.45, 2.75) is 39.7 Å². The second-order valence-corrected chi connectivity index (χ2v) is 5.36. The van der Waals surface area contributed by atoms with Crippen LogP contribution in [0.5, 0.6) is 0 Å². The van der Waals surface area contributed by atoms with E-state index in [-0.39, 0.29) is 11.9 Å². The Kier molecular flexibility index (Phi) is 7.03. The zero-order valence-electron chi connectivity index (χ0n) is 12.4. The van der Waals surface area contributed by atoms with Gasteiger partial charge in [0.15, 0.2) is 0 Å². The van der Waals surface area contributed by atoms with Gasteiger partial charge in [-0.25, -0.2) is 4.39 Å². The third-order valence-corrected chi connectivity index (χ3v) is 3.75. The minimum absolute atomic E-state index is 0.0818. The van der Waals surface area contributed by atoms with Crippen LogP contribution in [0.2, 0.25) is 0 Å². The van der Waals surface area contributed by atoms with Crippen LogP contribution in [-0.4, -0.2) is 24.5 Å². The average Bonchev–Trinajstić information content (AvgIpc) is 2.42. The van der Waals surface area contributed by atoms with Gasteiger partial charge in [0.2, 0.25) is 0 Å². The summed E-state index contributed by atoms with van der Waals surface area (Å²) in [6, 6.07) is 6.54. The van der Waals surface area contributed by atoms with Gasteiger partial charge in [-0.05, 0) is 43.1 Å². The van der Waals surface area contributed by atoms with E-state index in [9.17, 15) is 4.39 Å². The van der Waals surface area contributed by atoms with E-state index in [1.165, 1.54) is 18.6 Å². The number of hydrogen-bond acceptors (Lipinski definition) is 2. The van der Waals surface area contributed by atoms with E-state index in [1.807, 2.05) is 6.07 Å². The minimum atomic E-state index is -0.208. The Bertz CT molecular complexity index is 368. The molecule has 0 aliphatic carbocycles. The fourth-order valence-electron chi connectivity index (χ4n) is 2.17. The summed E-state index contributed by atoms with van der Waals surface area (Å²) in [4.78, 5) is 2.42. The maximum atomic E-state index is 13.1. The van der Waals surface area contributed by atoms with Gasteiger partial charge >= 0.3 is 0 Å². The van der Waals surface area contributed by atoms with Gasteiger partial charge in [0, 0.05) is 12.6 Å². The molecule has 1 rings (SSSR count). The molecule has 0 radical (unpaired) electrons. The summed E-state index contributed by atoms with van der Waals surface area (Å²) in [5, 5.41) is 0. The monoisotopic (exact) mass is 266 g/mol. The van der Waals surface area contributed by atoms with Crippen molar-refractivity contribution < 1.29 is 4.39 Å². The van der Waals surface area contributed by atoms with Gasteiger partial charge in [0.25, 0.3) is 0 Å². The van der Waals surface area contributed by atoms with Crippen molar-refractivity contribution in [3.8, 4) is 0 Å². The molecular weight excluding hydrogens is 239 g/mol. The zero-order valence-corrected chi connectivity index (χ0v) is 12.4. The van der Waals surface area contributed by atoms with Gasteiger partial charge in [0.1, 0.15) is 5.82 Å². The molecule has 0 spiro atoms. The molecule has 2 unspecified atom stereocenters. The maximum absolute atomic E-state index is 13.1. The van der Waals surface area contributed by atoms with Crippen molar-refractivity contribution in [3.63, 3.8) is 0 Å². The van der Waals surface area contributed by atoms with Gasteiger partial charge < -0.3 is 10.6 Å². The molecular formula is C16H27FN2. The van der Waals surface area contributed by atoms with Crippen molar-refractivity contribution in [1.29, 1.82) is 0 Å². The van der Waals surface area contributed by atoms with Gasteiger partial charge in [-0.15, -0.1) is 0 Å². The van der Waals surface area contributed by atoms with Crippen molar-refractivity contribution in [2.75, 3.05) is 19.6 Å². The molecule has 0 fully saturated rings. The lowest BCUT2D eigenvalue weighted by molar-refractivity contribution is 0.237. The Morgan fingerprint density at radius 1 is 1.32 bits per heavy atom. The highest BCUT2D eigenvalue weighted by atomic mass is 19.1. The van der Waals surface area contributed by atoms with Gasteiger partial charge in [-0.1, -0.05) is 39.3 Å². The summed E-state index contributed by atoms with van der Waals surface area (Å²) in [6.45, 7) is 9.80. The lowest BCUT2D eigenvalue weighted by Crippen LogP contribution is -2.31. The lowest BCUT2D eigenvalue weighted by atomic mass is 10.0. The summed E-state index contributed by atoms with van der Waals surface area (Å²) < 4.78 is 13.1. The van der Waals surface area contributed by atoms with Crippen LogP contribution in [0.1, 0.15) is 45.2 Å². The van der Waals surface area contributed by atoms with Crippen molar-refractivity contribution in [2.24, 2.45) is 11.7 Å². The van der Waals surface area contributed by atoms with Crippen LogP contribution >= 0.6 is 0 Å². The van der Waals surface area contributed by atoms with Crippen LogP contribution in [0.15, 0.2) is 24.3 Å². The van der Waals surface area contributed by atoms with Crippen molar-refractivity contribution in [1.82, 2.24) is 4.90 Å². The van der Waals surface area contributed by atoms with E-state index >= 15 is 0 Å². The van der Waals surface area contributed by atoms with Crippen molar-refractivity contribution in [3.05, 3.63) is 35.6 Å². The second-order valence-electron chi connectivity index (χ2n) is 5.36. The number of rotatable bonds is 8. The Labute approximate surface area is 116 Å². The predicted molar refractivity (Wildman–Crippen MR) is 79.5 cm³/mol. The standard InChI is InChI=1S/C16H27FN2/c1-4-13(3)12-19(5-2)10-9-16(18)14-7-6-8-15(17)11-14/h6-8,11,13,16H,4-5,9-10,12,18H2,1-3H3. The van der Waals surface area contributed by atoms with Gasteiger partial charge in [-0.2, -0.15) is 0 Å². The van der Waals surface area contributed by atoms with Gasteiger partial charge in [-0.3, -0.25) is 0 Å². The smallest absolute Gasteiger partial charge is 0.123 e. The molecule has 1 aromatic rings. The van der Waals surface area contributed by atoms with Crippen molar-refractivity contribution >= 4 is 0 Å². The highest BCUT2D eigenvalue weighted by Crippen LogP contribution is 2.16. The van der Waals surface area contributed by atoms with Crippen LogP contribution < -0.4 is 5.73 Å². The molecule has 0 aromatic heterocycles. The third-order valence-electron chi connectivity index (χ3n) is 3.75. The van der Waals surface area contributed by atoms with Crippen LogP contribution in [0.3, 0.4) is 0 Å². The molecule has 0 bridgehead atoms. The molecule has 0 saturated carbocycles. The fourth-order valence-corrected chi connectivity index (χ4v) is 2.17. The first-order valence-electron chi connectivity index (χ1n) is 7.30. The van der Waals surface area contributed by atoms with E-state index in [1.54, 1.807) is 6.07 Å². The first kappa shape index (κ1) is 16.1. The predicted octanol–water partition coefficient (Wildman–Crippen LogP) is 3.58. The molecule has 3 heteroatoms.